The lowest BCUT2D eigenvalue weighted by Gasteiger charge is -2.38. The molecule has 1 atom stereocenters. The molecule has 202 valence electrons. The van der Waals surface area contributed by atoms with Gasteiger partial charge in [0.25, 0.3) is 0 Å². The molecule has 3 aromatic rings. The van der Waals surface area contributed by atoms with Crippen LogP contribution in [0.15, 0.2) is 54.6 Å². The van der Waals surface area contributed by atoms with Crippen LogP contribution in [0.25, 0.3) is 11.4 Å². The summed E-state index contributed by atoms with van der Waals surface area (Å²) in [6, 6.07) is 17.0. The van der Waals surface area contributed by atoms with Crippen molar-refractivity contribution < 1.29 is 14.2 Å². The predicted octanol–water partition coefficient (Wildman–Crippen LogP) is 3.25. The molecule has 0 amide bonds. The van der Waals surface area contributed by atoms with Crippen LogP contribution in [-0.2, 0) is 17.6 Å². The number of hydrogen-bond acceptors (Lipinski definition) is 7. The zero-order valence-corrected chi connectivity index (χ0v) is 22.2. The Morgan fingerprint density at radius 1 is 0.868 bits per heavy atom. The molecule has 0 spiro atoms. The Morgan fingerprint density at radius 3 is 2.21 bits per heavy atom. The number of aromatic nitrogens is 2. The number of ether oxygens (including phenoxy) is 1. The zero-order valence-electron chi connectivity index (χ0n) is 22.2. The molecule has 1 aromatic heterocycles. The SMILES string of the molecule is CCc1nc(-c2ccccc2)nc(N2CCN(C[C@H](O)CN3CCOCC3)CC2)c1Cc1ccccc1F. The van der Waals surface area contributed by atoms with E-state index in [1.165, 1.54) is 6.07 Å². The molecule has 0 unspecified atom stereocenters. The normalized spacial score (nSPS) is 18.0. The van der Waals surface area contributed by atoms with Gasteiger partial charge in [-0.25, -0.2) is 14.4 Å². The largest absolute Gasteiger partial charge is 0.390 e. The molecule has 0 aliphatic carbocycles. The maximum Gasteiger partial charge on any atom is 0.161 e. The molecule has 2 aromatic carbocycles. The summed E-state index contributed by atoms with van der Waals surface area (Å²) in [5, 5.41) is 10.7. The highest BCUT2D eigenvalue weighted by Crippen LogP contribution is 2.29. The molecule has 2 aliphatic rings. The fourth-order valence-electron chi connectivity index (χ4n) is 5.38. The highest BCUT2D eigenvalue weighted by atomic mass is 19.1. The van der Waals surface area contributed by atoms with Gasteiger partial charge in [0.2, 0.25) is 0 Å². The summed E-state index contributed by atoms with van der Waals surface area (Å²) >= 11 is 0. The number of piperazine rings is 1. The minimum Gasteiger partial charge on any atom is -0.390 e. The molecule has 7 nitrogen and oxygen atoms in total. The Hall–Kier alpha value is -2.91. The number of benzene rings is 2. The average molecular weight is 520 g/mol. The third-order valence-electron chi connectivity index (χ3n) is 7.48. The Balaban J connectivity index is 1.35. The molecule has 2 fully saturated rings. The average Bonchev–Trinajstić information content (AvgIpc) is 2.95. The monoisotopic (exact) mass is 519 g/mol. The summed E-state index contributed by atoms with van der Waals surface area (Å²) in [6.45, 7) is 9.95. The summed E-state index contributed by atoms with van der Waals surface area (Å²) in [5.74, 6) is 1.40. The van der Waals surface area contributed by atoms with Crippen molar-refractivity contribution in [1.82, 2.24) is 19.8 Å². The van der Waals surface area contributed by atoms with E-state index in [9.17, 15) is 9.50 Å². The van der Waals surface area contributed by atoms with Crippen molar-refractivity contribution in [3.8, 4) is 11.4 Å². The number of aliphatic hydroxyl groups excluding tert-OH is 1. The summed E-state index contributed by atoms with van der Waals surface area (Å²) < 4.78 is 20.1. The van der Waals surface area contributed by atoms with Gasteiger partial charge in [-0.2, -0.15) is 0 Å². The van der Waals surface area contributed by atoms with Crippen LogP contribution in [-0.4, -0.2) is 96.6 Å². The van der Waals surface area contributed by atoms with Crippen LogP contribution in [0.4, 0.5) is 10.2 Å². The Kier molecular flexibility index (Phi) is 8.96. The van der Waals surface area contributed by atoms with Gasteiger partial charge in [-0.05, 0) is 18.1 Å². The van der Waals surface area contributed by atoms with E-state index in [4.69, 9.17) is 14.7 Å². The van der Waals surface area contributed by atoms with Crippen LogP contribution in [0.5, 0.6) is 0 Å². The minimum atomic E-state index is -0.383. The second kappa shape index (κ2) is 12.8. The van der Waals surface area contributed by atoms with E-state index in [1.807, 2.05) is 42.5 Å². The highest BCUT2D eigenvalue weighted by molar-refractivity contribution is 5.61. The van der Waals surface area contributed by atoms with Gasteiger partial charge in [-0.1, -0.05) is 55.5 Å². The topological polar surface area (TPSA) is 65.0 Å². The first-order chi connectivity index (χ1) is 18.6. The molecule has 0 saturated carbocycles. The van der Waals surface area contributed by atoms with Crippen LogP contribution >= 0.6 is 0 Å². The molecular formula is C30H38FN5O2. The van der Waals surface area contributed by atoms with Crippen molar-refractivity contribution in [1.29, 1.82) is 0 Å². The molecule has 5 rings (SSSR count). The van der Waals surface area contributed by atoms with Crippen LogP contribution in [0.2, 0.25) is 0 Å². The maximum atomic E-state index is 14.7. The molecule has 2 aliphatic heterocycles. The van der Waals surface area contributed by atoms with Crippen LogP contribution in [0, 0.1) is 5.82 Å². The Bertz CT molecular complexity index is 1180. The van der Waals surface area contributed by atoms with Gasteiger partial charge in [-0.3, -0.25) is 9.80 Å². The first-order valence-corrected chi connectivity index (χ1v) is 13.7. The van der Waals surface area contributed by atoms with Crippen LogP contribution in [0.1, 0.15) is 23.7 Å². The van der Waals surface area contributed by atoms with Crippen molar-refractivity contribution >= 4 is 5.82 Å². The van der Waals surface area contributed by atoms with Crippen molar-refractivity contribution in [2.24, 2.45) is 0 Å². The number of nitrogens with zero attached hydrogens (tertiary/aromatic N) is 5. The summed E-state index contributed by atoms with van der Waals surface area (Å²) in [6.07, 6.45) is 0.817. The van der Waals surface area contributed by atoms with E-state index in [0.717, 1.165) is 81.5 Å². The number of morpholine rings is 1. The van der Waals surface area contributed by atoms with Gasteiger partial charge in [0.05, 0.1) is 19.3 Å². The van der Waals surface area contributed by atoms with Crippen molar-refractivity contribution in [2.75, 3.05) is 70.5 Å². The van der Waals surface area contributed by atoms with E-state index < -0.39 is 0 Å². The zero-order chi connectivity index (χ0) is 26.3. The molecule has 8 heteroatoms. The molecule has 0 bridgehead atoms. The van der Waals surface area contributed by atoms with E-state index >= 15 is 0 Å². The van der Waals surface area contributed by atoms with Gasteiger partial charge in [0.1, 0.15) is 11.6 Å². The third-order valence-corrected chi connectivity index (χ3v) is 7.48. The molecule has 3 heterocycles. The van der Waals surface area contributed by atoms with Crippen molar-refractivity contribution in [3.05, 3.63) is 77.2 Å². The maximum absolute atomic E-state index is 14.7. The molecular weight excluding hydrogens is 481 g/mol. The molecule has 0 radical (unpaired) electrons. The van der Waals surface area contributed by atoms with Crippen molar-refractivity contribution in [3.63, 3.8) is 0 Å². The van der Waals surface area contributed by atoms with Crippen molar-refractivity contribution in [2.45, 2.75) is 25.9 Å². The fourth-order valence-corrected chi connectivity index (χ4v) is 5.38. The molecule has 1 N–H and O–H groups in total. The Morgan fingerprint density at radius 2 is 1.53 bits per heavy atom. The van der Waals surface area contributed by atoms with Crippen LogP contribution in [0.3, 0.4) is 0 Å². The number of rotatable bonds is 9. The second-order valence-corrected chi connectivity index (χ2v) is 10.1. The molecule has 2 saturated heterocycles. The highest BCUT2D eigenvalue weighted by Gasteiger charge is 2.26. The van der Waals surface area contributed by atoms with Crippen LogP contribution < -0.4 is 4.90 Å². The summed E-state index contributed by atoms with van der Waals surface area (Å²) in [4.78, 5) is 16.9. The smallest absolute Gasteiger partial charge is 0.161 e. The fraction of sp³-hybridized carbons (Fsp3) is 0.467. The van der Waals surface area contributed by atoms with Gasteiger partial charge in [0.15, 0.2) is 5.82 Å². The first kappa shape index (κ1) is 26.7. The lowest BCUT2D eigenvalue weighted by atomic mass is 10.0. The third kappa shape index (κ3) is 6.56. The minimum absolute atomic E-state index is 0.202. The number of halogens is 1. The quantitative estimate of drug-likeness (QED) is 0.466. The standard InChI is InChI=1S/C30H38FN5O2/c1-2-28-26(20-24-10-6-7-11-27(24)31)30(33-29(32-28)23-8-4-3-5-9-23)36-14-12-34(13-15-36)21-25(37)22-35-16-18-38-19-17-35/h3-11,25,37H,2,12-22H2,1H3/t25-/m0/s1. The van der Waals surface area contributed by atoms with E-state index in [0.29, 0.717) is 30.9 Å². The number of aryl methyl sites for hydroxylation is 1. The van der Waals surface area contributed by atoms with Gasteiger partial charge >= 0.3 is 0 Å². The number of hydrogen-bond donors (Lipinski definition) is 1. The predicted molar refractivity (Wildman–Crippen MR) is 148 cm³/mol. The number of β-amino-alcohol motifs (C(OH)–C–C–N with tert-alkyl or cyclic N) is 1. The molecule has 38 heavy (non-hydrogen) atoms. The van der Waals surface area contributed by atoms with Gasteiger partial charge in [-0.15, -0.1) is 0 Å². The Labute approximate surface area is 224 Å². The lowest BCUT2D eigenvalue weighted by molar-refractivity contribution is 0.00655. The number of aliphatic hydroxyl groups is 1. The van der Waals surface area contributed by atoms with E-state index in [1.54, 1.807) is 6.07 Å². The van der Waals surface area contributed by atoms with E-state index in [2.05, 4.69) is 21.6 Å². The summed E-state index contributed by atoms with van der Waals surface area (Å²) in [7, 11) is 0. The second-order valence-electron chi connectivity index (χ2n) is 10.1. The van der Waals surface area contributed by atoms with E-state index in [-0.39, 0.29) is 11.9 Å². The lowest BCUT2D eigenvalue weighted by Crippen LogP contribution is -2.51. The number of anilines is 1. The van der Waals surface area contributed by atoms with Gasteiger partial charge in [0, 0.05) is 75.6 Å². The first-order valence-electron chi connectivity index (χ1n) is 13.7. The van der Waals surface area contributed by atoms with Gasteiger partial charge < -0.3 is 14.7 Å². The summed E-state index contributed by atoms with van der Waals surface area (Å²) in [5.41, 5.74) is 3.59.